The molecule has 0 fully saturated rings. The Kier molecular flexibility index (Phi) is 6.35. The van der Waals surface area contributed by atoms with Gasteiger partial charge in [-0.15, -0.1) is 0 Å². The molecule has 0 aliphatic rings. The first-order valence-corrected chi connectivity index (χ1v) is 9.17. The fourth-order valence-corrected chi connectivity index (χ4v) is 2.93. The van der Waals surface area contributed by atoms with Gasteiger partial charge in [0.1, 0.15) is 5.82 Å². The number of hydrogen-bond acceptors (Lipinski definition) is 4. The molecule has 2 N–H and O–H groups in total. The lowest BCUT2D eigenvalue weighted by molar-refractivity contribution is -0.387. The van der Waals surface area contributed by atoms with Crippen LogP contribution in [0.5, 0.6) is 0 Å². The lowest BCUT2D eigenvalue weighted by atomic mass is 10.1. The predicted molar refractivity (Wildman–Crippen MR) is 110 cm³/mol. The Balaban J connectivity index is 1.82. The number of benzene rings is 3. The van der Waals surface area contributed by atoms with Crippen LogP contribution in [-0.4, -0.2) is 16.7 Å². The van der Waals surface area contributed by atoms with Crippen LogP contribution in [0.3, 0.4) is 0 Å². The second-order valence-corrected chi connectivity index (χ2v) is 6.65. The van der Waals surface area contributed by atoms with Crippen LogP contribution in [-0.2, 0) is 0 Å². The summed E-state index contributed by atoms with van der Waals surface area (Å²) in [5, 5.41) is 15.9. The molecule has 0 spiro atoms. The van der Waals surface area contributed by atoms with Gasteiger partial charge in [-0.3, -0.25) is 19.7 Å². The minimum absolute atomic E-state index is 0.0726. The zero-order chi connectivity index (χ0) is 22.5. The van der Waals surface area contributed by atoms with Crippen molar-refractivity contribution in [2.24, 2.45) is 0 Å². The predicted octanol–water partition coefficient (Wildman–Crippen LogP) is 4.62. The Bertz CT molecular complexity index is 1150. The molecule has 3 rings (SSSR count). The van der Waals surface area contributed by atoms with Crippen molar-refractivity contribution >= 4 is 23.2 Å². The van der Waals surface area contributed by atoms with E-state index in [-0.39, 0.29) is 17.3 Å². The van der Waals surface area contributed by atoms with Gasteiger partial charge in [0.2, 0.25) is 5.82 Å². The second-order valence-electron chi connectivity index (χ2n) is 6.65. The molecule has 158 valence electrons. The third-order valence-electron chi connectivity index (χ3n) is 4.54. The molecule has 3 aromatic rings. The number of nitro benzene ring substituents is 1. The molecule has 0 bridgehead atoms. The van der Waals surface area contributed by atoms with Crippen LogP contribution in [0.4, 0.5) is 20.2 Å². The van der Waals surface area contributed by atoms with E-state index in [1.807, 2.05) is 30.3 Å². The van der Waals surface area contributed by atoms with Crippen molar-refractivity contribution in [1.29, 1.82) is 0 Å². The normalized spacial score (nSPS) is 11.5. The molecule has 0 aliphatic heterocycles. The number of rotatable bonds is 6. The number of hydrogen-bond donors (Lipinski definition) is 2. The van der Waals surface area contributed by atoms with Gasteiger partial charge in [0, 0.05) is 0 Å². The summed E-state index contributed by atoms with van der Waals surface area (Å²) in [7, 11) is 0. The van der Waals surface area contributed by atoms with Crippen LogP contribution in [0.1, 0.15) is 39.2 Å². The van der Waals surface area contributed by atoms with Crippen molar-refractivity contribution in [2.75, 3.05) is 5.32 Å². The maximum absolute atomic E-state index is 14.2. The molecule has 0 saturated heterocycles. The van der Waals surface area contributed by atoms with Crippen molar-refractivity contribution in [1.82, 2.24) is 5.32 Å². The van der Waals surface area contributed by atoms with Gasteiger partial charge in [0.05, 0.1) is 33.8 Å². The number of nitrogens with zero attached hydrogens (tertiary/aromatic N) is 1. The van der Waals surface area contributed by atoms with Gasteiger partial charge in [-0.2, -0.15) is 4.39 Å². The van der Waals surface area contributed by atoms with E-state index >= 15 is 0 Å². The Hall–Kier alpha value is -4.14. The summed E-state index contributed by atoms with van der Waals surface area (Å²) >= 11 is 0. The van der Waals surface area contributed by atoms with Crippen molar-refractivity contribution in [3.63, 3.8) is 0 Å². The van der Waals surface area contributed by atoms with Crippen molar-refractivity contribution in [3.8, 4) is 0 Å². The number of nitrogens with one attached hydrogen (secondary N) is 2. The van der Waals surface area contributed by atoms with Gasteiger partial charge in [0.25, 0.3) is 11.8 Å². The molecular weight excluding hydrogens is 408 g/mol. The Morgan fingerprint density at radius 2 is 1.55 bits per heavy atom. The monoisotopic (exact) mass is 425 g/mol. The molecule has 1 atom stereocenters. The van der Waals surface area contributed by atoms with Crippen LogP contribution >= 0.6 is 0 Å². The van der Waals surface area contributed by atoms with E-state index in [1.165, 1.54) is 12.1 Å². The summed E-state index contributed by atoms with van der Waals surface area (Å²) in [5.74, 6) is -4.14. The average Bonchev–Trinajstić information content (AvgIpc) is 2.75. The first-order valence-electron chi connectivity index (χ1n) is 9.17. The standard InChI is InChI=1S/C22H17F2N3O4/c1-13(14-7-3-2-4-8-14)25-21(28)15-9-5-6-10-19(15)26-22(29)16-11-18(24)20(27(30)31)12-17(16)23/h2-13H,1H3,(H,25,28)(H,26,29)/t13-/m0/s1. The van der Waals surface area contributed by atoms with Crippen LogP contribution in [0.2, 0.25) is 0 Å². The van der Waals surface area contributed by atoms with Gasteiger partial charge < -0.3 is 10.6 Å². The van der Waals surface area contributed by atoms with Crippen molar-refractivity contribution in [3.05, 3.63) is 105 Å². The maximum Gasteiger partial charge on any atom is 0.307 e. The maximum atomic E-state index is 14.2. The van der Waals surface area contributed by atoms with E-state index in [2.05, 4.69) is 10.6 Å². The minimum atomic E-state index is -1.35. The van der Waals surface area contributed by atoms with Crippen molar-refractivity contribution in [2.45, 2.75) is 13.0 Å². The fourth-order valence-electron chi connectivity index (χ4n) is 2.93. The Labute approximate surface area is 175 Å². The minimum Gasteiger partial charge on any atom is -0.345 e. The average molecular weight is 425 g/mol. The summed E-state index contributed by atoms with van der Waals surface area (Å²) in [6.45, 7) is 1.80. The third-order valence-corrected chi connectivity index (χ3v) is 4.54. The molecule has 9 heteroatoms. The zero-order valence-corrected chi connectivity index (χ0v) is 16.3. The van der Waals surface area contributed by atoms with E-state index in [0.29, 0.717) is 12.1 Å². The number of nitro groups is 1. The van der Waals surface area contributed by atoms with E-state index in [9.17, 15) is 28.5 Å². The first-order chi connectivity index (χ1) is 14.8. The molecule has 7 nitrogen and oxygen atoms in total. The molecule has 2 amide bonds. The number of halogens is 2. The van der Waals surface area contributed by atoms with E-state index < -0.39 is 39.6 Å². The highest BCUT2D eigenvalue weighted by molar-refractivity contribution is 6.09. The quantitative estimate of drug-likeness (QED) is 0.445. The highest BCUT2D eigenvalue weighted by atomic mass is 19.1. The number of carbonyl (C=O) groups is 2. The zero-order valence-electron chi connectivity index (χ0n) is 16.3. The SMILES string of the molecule is C[C@H](NC(=O)c1ccccc1NC(=O)c1cc(F)c([N+](=O)[O-])cc1F)c1ccccc1. The summed E-state index contributed by atoms with van der Waals surface area (Å²) in [5.41, 5.74) is -0.745. The van der Waals surface area contributed by atoms with Crippen LogP contribution in [0, 0.1) is 21.7 Å². The van der Waals surface area contributed by atoms with E-state index in [4.69, 9.17) is 0 Å². The number of amides is 2. The molecule has 0 heterocycles. The van der Waals surface area contributed by atoms with Gasteiger partial charge in [-0.25, -0.2) is 4.39 Å². The summed E-state index contributed by atoms with van der Waals surface area (Å²) in [6, 6.07) is 15.7. The van der Waals surface area contributed by atoms with Gasteiger partial charge in [0.15, 0.2) is 0 Å². The largest absolute Gasteiger partial charge is 0.345 e. The van der Waals surface area contributed by atoms with Gasteiger partial charge in [-0.1, -0.05) is 42.5 Å². The molecule has 0 unspecified atom stereocenters. The van der Waals surface area contributed by atoms with Crippen LogP contribution in [0.15, 0.2) is 66.7 Å². The summed E-state index contributed by atoms with van der Waals surface area (Å²) in [4.78, 5) is 34.8. The number of anilines is 1. The van der Waals surface area contributed by atoms with E-state index in [1.54, 1.807) is 19.1 Å². The molecule has 0 aromatic heterocycles. The second kappa shape index (κ2) is 9.12. The van der Waals surface area contributed by atoms with Crippen LogP contribution in [0.25, 0.3) is 0 Å². The molecule has 31 heavy (non-hydrogen) atoms. The third kappa shape index (κ3) is 4.89. The topological polar surface area (TPSA) is 101 Å². The van der Waals surface area contributed by atoms with Crippen LogP contribution < -0.4 is 10.6 Å². The lowest BCUT2D eigenvalue weighted by Crippen LogP contribution is -2.28. The van der Waals surface area contributed by atoms with Gasteiger partial charge in [-0.05, 0) is 30.7 Å². The highest BCUT2D eigenvalue weighted by Gasteiger charge is 2.23. The molecule has 0 saturated carbocycles. The number of para-hydroxylation sites is 1. The van der Waals surface area contributed by atoms with Gasteiger partial charge >= 0.3 is 5.69 Å². The van der Waals surface area contributed by atoms with Crippen molar-refractivity contribution < 1.29 is 23.3 Å². The first kappa shape index (κ1) is 21.6. The molecule has 3 aromatic carbocycles. The number of carbonyl (C=O) groups excluding carboxylic acids is 2. The van der Waals surface area contributed by atoms with E-state index in [0.717, 1.165) is 5.56 Å². The highest BCUT2D eigenvalue weighted by Crippen LogP contribution is 2.23. The lowest BCUT2D eigenvalue weighted by Gasteiger charge is -2.16. The summed E-state index contributed by atoms with van der Waals surface area (Å²) in [6.07, 6.45) is 0. The molecule has 0 aliphatic carbocycles. The smallest absolute Gasteiger partial charge is 0.307 e. The fraction of sp³-hybridized carbons (Fsp3) is 0.0909. The Morgan fingerprint density at radius 3 is 2.23 bits per heavy atom. The molecule has 0 radical (unpaired) electrons. The Morgan fingerprint density at radius 1 is 0.903 bits per heavy atom. The molecular formula is C22H17F2N3O4. The summed E-state index contributed by atoms with van der Waals surface area (Å²) < 4.78 is 28.0.